The molecule has 0 bridgehead atoms. The fraction of sp³-hybridized carbons (Fsp3) is 0.385. The van der Waals surface area contributed by atoms with Gasteiger partial charge in [-0.2, -0.15) is 4.98 Å². The Labute approximate surface area is 115 Å². The Morgan fingerprint density at radius 1 is 1.35 bits per heavy atom. The molecule has 0 fully saturated rings. The number of fused-ring (bicyclic) bond motifs is 1. The first-order valence-corrected chi connectivity index (χ1v) is 6.26. The van der Waals surface area contributed by atoms with E-state index in [-0.39, 0.29) is 0 Å². The number of para-hydroxylation sites is 1. The molecule has 0 amide bonds. The van der Waals surface area contributed by atoms with Gasteiger partial charge in [0.1, 0.15) is 13.2 Å². The van der Waals surface area contributed by atoms with Crippen LogP contribution < -0.4 is 15.2 Å². The lowest BCUT2D eigenvalue weighted by Crippen LogP contribution is -2.17. The normalized spacial score (nSPS) is 15.1. The maximum absolute atomic E-state index is 5.87. The molecule has 1 atom stereocenters. The van der Waals surface area contributed by atoms with E-state index in [1.54, 1.807) is 7.11 Å². The van der Waals surface area contributed by atoms with Gasteiger partial charge in [0.2, 0.25) is 0 Å². The number of aromatic nitrogens is 2. The highest BCUT2D eigenvalue weighted by Gasteiger charge is 2.22. The van der Waals surface area contributed by atoms with Gasteiger partial charge in [-0.1, -0.05) is 11.2 Å². The van der Waals surface area contributed by atoms with E-state index in [2.05, 4.69) is 10.1 Å². The minimum atomic E-state index is -0.422. The average molecular weight is 277 g/mol. The van der Waals surface area contributed by atoms with Crippen LogP contribution in [0.3, 0.4) is 0 Å². The second-order valence-electron chi connectivity index (χ2n) is 4.35. The lowest BCUT2D eigenvalue weighted by molar-refractivity contribution is 0.172. The Kier molecular flexibility index (Phi) is 3.53. The van der Waals surface area contributed by atoms with Crippen molar-refractivity contribution in [3.05, 3.63) is 24.0 Å². The average Bonchev–Trinajstić information content (AvgIpc) is 2.97. The van der Waals surface area contributed by atoms with Crippen LogP contribution in [0.5, 0.6) is 11.5 Å². The number of ether oxygens (including phenoxy) is 3. The molecule has 2 N–H and O–H groups in total. The number of nitrogens with two attached hydrogens (primary N) is 1. The van der Waals surface area contributed by atoms with E-state index in [0.29, 0.717) is 48.6 Å². The fourth-order valence-electron chi connectivity index (χ4n) is 1.99. The minimum absolute atomic E-state index is 0.325. The third-order valence-electron chi connectivity index (χ3n) is 2.92. The second kappa shape index (κ2) is 5.48. The highest BCUT2D eigenvalue weighted by atomic mass is 16.6. The second-order valence-corrected chi connectivity index (χ2v) is 4.35. The van der Waals surface area contributed by atoms with Crippen LogP contribution in [0.15, 0.2) is 22.7 Å². The molecule has 1 aromatic carbocycles. The summed E-state index contributed by atoms with van der Waals surface area (Å²) in [4.78, 5) is 4.29. The summed E-state index contributed by atoms with van der Waals surface area (Å²) in [6.45, 7) is 1.35. The monoisotopic (exact) mass is 277 g/mol. The van der Waals surface area contributed by atoms with Gasteiger partial charge >= 0.3 is 0 Å². The number of hydrogen-bond donors (Lipinski definition) is 1. The van der Waals surface area contributed by atoms with Crippen molar-refractivity contribution in [2.45, 2.75) is 6.04 Å². The standard InChI is InChI=1S/C13H15N3O4/c1-17-7-9(14)12-15-13(20-16-12)8-3-2-4-10-11(8)19-6-5-18-10/h2-4,9H,5-7,14H2,1H3. The van der Waals surface area contributed by atoms with Gasteiger partial charge in [0, 0.05) is 7.11 Å². The summed E-state index contributed by atoms with van der Waals surface area (Å²) in [5, 5.41) is 3.87. The molecule has 2 aromatic rings. The van der Waals surface area contributed by atoms with Crippen molar-refractivity contribution in [2.24, 2.45) is 5.73 Å². The summed E-state index contributed by atoms with van der Waals surface area (Å²) < 4.78 is 21.4. The Morgan fingerprint density at radius 3 is 3.05 bits per heavy atom. The molecule has 1 unspecified atom stereocenters. The van der Waals surface area contributed by atoms with E-state index in [1.165, 1.54) is 0 Å². The van der Waals surface area contributed by atoms with Crippen molar-refractivity contribution < 1.29 is 18.7 Å². The first kappa shape index (κ1) is 12.9. The van der Waals surface area contributed by atoms with Gasteiger partial charge in [0.05, 0.1) is 18.2 Å². The number of rotatable bonds is 4. The summed E-state index contributed by atoms with van der Waals surface area (Å²) in [7, 11) is 1.57. The molecule has 0 saturated heterocycles. The molecule has 2 heterocycles. The number of benzene rings is 1. The molecular weight excluding hydrogens is 262 g/mol. The van der Waals surface area contributed by atoms with Crippen LogP contribution in [-0.2, 0) is 4.74 Å². The Morgan fingerprint density at radius 2 is 2.20 bits per heavy atom. The molecule has 0 radical (unpaired) electrons. The zero-order valence-electron chi connectivity index (χ0n) is 11.0. The largest absolute Gasteiger partial charge is 0.486 e. The van der Waals surface area contributed by atoms with Crippen molar-refractivity contribution >= 4 is 0 Å². The maximum atomic E-state index is 5.87. The van der Waals surface area contributed by atoms with Crippen LogP contribution in [0, 0.1) is 0 Å². The van der Waals surface area contributed by atoms with E-state index in [4.69, 9.17) is 24.5 Å². The molecule has 1 aliphatic rings. The van der Waals surface area contributed by atoms with Gasteiger partial charge in [0.25, 0.3) is 5.89 Å². The van der Waals surface area contributed by atoms with Crippen LogP contribution in [0.1, 0.15) is 11.9 Å². The molecule has 106 valence electrons. The Hall–Kier alpha value is -2.12. The summed E-state index contributed by atoms with van der Waals surface area (Å²) in [5.74, 6) is 2.05. The van der Waals surface area contributed by atoms with Crippen LogP contribution in [-0.4, -0.2) is 37.1 Å². The lowest BCUT2D eigenvalue weighted by atomic mass is 10.1. The molecule has 3 rings (SSSR count). The van der Waals surface area contributed by atoms with E-state index >= 15 is 0 Å². The summed E-state index contributed by atoms with van der Waals surface area (Å²) in [6.07, 6.45) is 0. The minimum Gasteiger partial charge on any atom is -0.486 e. The lowest BCUT2D eigenvalue weighted by Gasteiger charge is -2.19. The van der Waals surface area contributed by atoms with Gasteiger partial charge in [-0.15, -0.1) is 0 Å². The van der Waals surface area contributed by atoms with E-state index in [9.17, 15) is 0 Å². The number of hydrogen-bond acceptors (Lipinski definition) is 7. The van der Waals surface area contributed by atoms with Crippen LogP contribution in [0.4, 0.5) is 0 Å². The van der Waals surface area contributed by atoms with Crippen molar-refractivity contribution in [1.29, 1.82) is 0 Å². The Bertz CT molecular complexity index is 599. The smallest absolute Gasteiger partial charge is 0.261 e. The van der Waals surface area contributed by atoms with E-state index in [0.717, 1.165) is 0 Å². The Balaban J connectivity index is 1.94. The molecule has 20 heavy (non-hydrogen) atoms. The molecular formula is C13H15N3O4. The molecule has 1 aliphatic heterocycles. The summed E-state index contributed by atoms with van der Waals surface area (Å²) >= 11 is 0. The van der Waals surface area contributed by atoms with Crippen molar-refractivity contribution in [3.63, 3.8) is 0 Å². The highest BCUT2D eigenvalue weighted by molar-refractivity contribution is 5.67. The predicted molar refractivity (Wildman–Crippen MR) is 69.5 cm³/mol. The number of methoxy groups -OCH3 is 1. The third-order valence-corrected chi connectivity index (χ3v) is 2.92. The third kappa shape index (κ3) is 2.33. The first-order chi connectivity index (χ1) is 9.79. The van der Waals surface area contributed by atoms with Gasteiger partial charge in [-0.3, -0.25) is 0 Å². The molecule has 1 aromatic heterocycles. The predicted octanol–water partition coefficient (Wildman–Crippen LogP) is 1.15. The molecule has 7 heteroatoms. The topological polar surface area (TPSA) is 92.6 Å². The van der Waals surface area contributed by atoms with Crippen molar-refractivity contribution in [2.75, 3.05) is 26.9 Å². The summed E-state index contributed by atoms with van der Waals surface area (Å²) in [5.41, 5.74) is 6.57. The summed E-state index contributed by atoms with van der Waals surface area (Å²) in [6, 6.07) is 5.11. The highest BCUT2D eigenvalue weighted by Crippen LogP contribution is 2.39. The van der Waals surface area contributed by atoms with Crippen LogP contribution in [0.2, 0.25) is 0 Å². The fourth-order valence-corrected chi connectivity index (χ4v) is 1.99. The van der Waals surface area contributed by atoms with Crippen LogP contribution >= 0.6 is 0 Å². The SMILES string of the molecule is COCC(N)c1noc(-c2cccc3c2OCCO3)n1. The quantitative estimate of drug-likeness (QED) is 0.896. The zero-order valence-corrected chi connectivity index (χ0v) is 11.0. The van der Waals surface area contributed by atoms with Crippen molar-refractivity contribution in [1.82, 2.24) is 10.1 Å². The molecule has 7 nitrogen and oxygen atoms in total. The van der Waals surface area contributed by atoms with Gasteiger partial charge < -0.3 is 24.5 Å². The molecule has 0 spiro atoms. The maximum Gasteiger partial charge on any atom is 0.261 e. The van der Waals surface area contributed by atoms with Crippen LogP contribution in [0.25, 0.3) is 11.5 Å². The first-order valence-electron chi connectivity index (χ1n) is 6.26. The van der Waals surface area contributed by atoms with Gasteiger partial charge in [-0.25, -0.2) is 0 Å². The molecule has 0 aliphatic carbocycles. The van der Waals surface area contributed by atoms with E-state index in [1.807, 2.05) is 18.2 Å². The van der Waals surface area contributed by atoms with Gasteiger partial charge in [-0.05, 0) is 12.1 Å². The molecule has 0 saturated carbocycles. The van der Waals surface area contributed by atoms with Gasteiger partial charge in [0.15, 0.2) is 17.3 Å². The van der Waals surface area contributed by atoms with Crippen molar-refractivity contribution in [3.8, 4) is 23.0 Å². The number of nitrogens with zero attached hydrogens (tertiary/aromatic N) is 2. The van der Waals surface area contributed by atoms with E-state index < -0.39 is 6.04 Å². The zero-order chi connectivity index (χ0) is 13.9.